The van der Waals surface area contributed by atoms with Gasteiger partial charge < -0.3 is 10.2 Å². The fourth-order valence-corrected chi connectivity index (χ4v) is 3.07. The van der Waals surface area contributed by atoms with Crippen LogP contribution in [0.1, 0.15) is 41.0 Å². The summed E-state index contributed by atoms with van der Waals surface area (Å²) in [7, 11) is 2.23. The molecular formula is C15H32N2. The van der Waals surface area contributed by atoms with E-state index in [0.717, 1.165) is 17.8 Å². The Balaban J connectivity index is 0.000000686. The van der Waals surface area contributed by atoms with Crippen LogP contribution in [-0.2, 0) is 0 Å². The van der Waals surface area contributed by atoms with Crippen LogP contribution in [0.2, 0.25) is 0 Å². The molecule has 2 rings (SSSR count). The Morgan fingerprint density at radius 1 is 1.24 bits per heavy atom. The quantitative estimate of drug-likeness (QED) is 0.813. The Hall–Kier alpha value is -0.0800. The molecule has 0 bridgehead atoms. The van der Waals surface area contributed by atoms with E-state index < -0.39 is 0 Å². The van der Waals surface area contributed by atoms with Gasteiger partial charge in [0.05, 0.1) is 0 Å². The maximum Gasteiger partial charge on any atom is 0.00241 e. The molecule has 0 aromatic carbocycles. The zero-order chi connectivity index (χ0) is 13.1. The van der Waals surface area contributed by atoms with Crippen molar-refractivity contribution in [3.05, 3.63) is 0 Å². The van der Waals surface area contributed by atoms with E-state index in [1.807, 2.05) is 13.8 Å². The summed E-state index contributed by atoms with van der Waals surface area (Å²) in [6, 6.07) is 0. The lowest BCUT2D eigenvalue weighted by Gasteiger charge is -2.48. The van der Waals surface area contributed by atoms with Crippen LogP contribution in [0.5, 0.6) is 0 Å². The molecule has 0 amide bonds. The van der Waals surface area contributed by atoms with E-state index in [4.69, 9.17) is 0 Å². The van der Waals surface area contributed by atoms with Crippen molar-refractivity contribution >= 4 is 0 Å². The summed E-state index contributed by atoms with van der Waals surface area (Å²) in [5, 5.41) is 3.38. The fraction of sp³-hybridized carbons (Fsp3) is 1.00. The molecule has 0 spiro atoms. The number of likely N-dealkylation sites (tertiary alicyclic amines) is 1. The van der Waals surface area contributed by atoms with Crippen LogP contribution < -0.4 is 5.32 Å². The first-order valence-corrected chi connectivity index (χ1v) is 7.38. The number of nitrogens with one attached hydrogen (secondary N) is 1. The van der Waals surface area contributed by atoms with Gasteiger partial charge >= 0.3 is 0 Å². The second-order valence-corrected chi connectivity index (χ2v) is 6.51. The number of hydrogen-bond acceptors (Lipinski definition) is 2. The summed E-state index contributed by atoms with van der Waals surface area (Å²) in [4.78, 5) is 2.43. The van der Waals surface area contributed by atoms with Crippen molar-refractivity contribution in [1.82, 2.24) is 10.2 Å². The molecule has 1 atom stereocenters. The molecule has 0 aromatic rings. The molecule has 17 heavy (non-hydrogen) atoms. The average Bonchev–Trinajstić information content (AvgIpc) is 2.12. The maximum absolute atomic E-state index is 3.38. The molecule has 2 heteroatoms. The van der Waals surface area contributed by atoms with Gasteiger partial charge in [0.1, 0.15) is 0 Å². The van der Waals surface area contributed by atoms with Gasteiger partial charge in [-0.2, -0.15) is 0 Å². The third-order valence-electron chi connectivity index (χ3n) is 4.64. The van der Waals surface area contributed by atoms with Gasteiger partial charge in [-0.15, -0.1) is 0 Å². The van der Waals surface area contributed by atoms with Crippen LogP contribution in [-0.4, -0.2) is 38.1 Å². The molecule has 102 valence electrons. The van der Waals surface area contributed by atoms with Gasteiger partial charge in [0.15, 0.2) is 0 Å². The van der Waals surface area contributed by atoms with Crippen molar-refractivity contribution in [1.29, 1.82) is 0 Å². The SMILES string of the molecule is CC.CC(CC(C)(C)C1CN(C)C1)C1CNC1. The second-order valence-electron chi connectivity index (χ2n) is 6.51. The van der Waals surface area contributed by atoms with Crippen LogP contribution >= 0.6 is 0 Å². The molecule has 2 heterocycles. The monoisotopic (exact) mass is 240 g/mol. The van der Waals surface area contributed by atoms with Gasteiger partial charge in [0.25, 0.3) is 0 Å². The van der Waals surface area contributed by atoms with Gasteiger partial charge in [-0.05, 0) is 49.7 Å². The molecule has 2 aliphatic rings. The molecule has 1 unspecified atom stereocenters. The van der Waals surface area contributed by atoms with E-state index in [2.05, 4.69) is 38.0 Å². The zero-order valence-electron chi connectivity index (χ0n) is 12.7. The van der Waals surface area contributed by atoms with Crippen molar-refractivity contribution in [3.8, 4) is 0 Å². The highest BCUT2D eigenvalue weighted by atomic mass is 15.2. The molecule has 0 aromatic heterocycles. The summed E-state index contributed by atoms with van der Waals surface area (Å²) < 4.78 is 0. The highest BCUT2D eigenvalue weighted by molar-refractivity contribution is 4.91. The van der Waals surface area contributed by atoms with Crippen LogP contribution in [0.25, 0.3) is 0 Å². The number of hydrogen-bond donors (Lipinski definition) is 1. The van der Waals surface area contributed by atoms with E-state index in [-0.39, 0.29) is 0 Å². The summed E-state index contributed by atoms with van der Waals surface area (Å²) in [6.07, 6.45) is 1.40. The molecule has 0 aliphatic carbocycles. The molecular weight excluding hydrogens is 208 g/mol. The normalized spacial score (nSPS) is 24.4. The Morgan fingerprint density at radius 2 is 1.76 bits per heavy atom. The van der Waals surface area contributed by atoms with Gasteiger partial charge in [-0.1, -0.05) is 34.6 Å². The van der Waals surface area contributed by atoms with Crippen LogP contribution in [0.15, 0.2) is 0 Å². The lowest BCUT2D eigenvalue weighted by atomic mass is 9.67. The van der Waals surface area contributed by atoms with Crippen LogP contribution in [0.4, 0.5) is 0 Å². The zero-order valence-corrected chi connectivity index (χ0v) is 12.7. The van der Waals surface area contributed by atoms with Crippen molar-refractivity contribution in [2.45, 2.75) is 41.0 Å². The van der Waals surface area contributed by atoms with Gasteiger partial charge in [-0.25, -0.2) is 0 Å². The fourth-order valence-electron chi connectivity index (χ4n) is 3.07. The van der Waals surface area contributed by atoms with Crippen LogP contribution in [0, 0.1) is 23.2 Å². The van der Waals surface area contributed by atoms with Gasteiger partial charge in [-0.3, -0.25) is 0 Å². The highest BCUT2D eigenvalue weighted by Gasteiger charge is 2.39. The van der Waals surface area contributed by atoms with E-state index in [0.29, 0.717) is 5.41 Å². The standard InChI is InChI=1S/C13H26N2.C2H6/c1-10(11-6-14-7-11)5-13(2,3)12-8-15(4)9-12;1-2/h10-12,14H,5-9H2,1-4H3;1-2H3. The first-order chi connectivity index (χ1) is 7.99. The van der Waals surface area contributed by atoms with Gasteiger partial charge in [0, 0.05) is 13.1 Å². The third-order valence-corrected chi connectivity index (χ3v) is 4.64. The van der Waals surface area contributed by atoms with Crippen molar-refractivity contribution in [3.63, 3.8) is 0 Å². The first kappa shape index (κ1) is 15.0. The molecule has 2 saturated heterocycles. The minimum absolute atomic E-state index is 0.543. The Labute approximate surface area is 108 Å². The predicted octanol–water partition coefficient (Wildman–Crippen LogP) is 2.85. The number of rotatable bonds is 4. The molecule has 1 N–H and O–H groups in total. The molecule has 2 aliphatic heterocycles. The molecule has 2 fully saturated rings. The average molecular weight is 240 g/mol. The Bertz CT molecular complexity index is 215. The Morgan fingerprint density at radius 3 is 2.12 bits per heavy atom. The minimum atomic E-state index is 0.543. The largest absolute Gasteiger partial charge is 0.316 e. The predicted molar refractivity (Wildman–Crippen MR) is 76.3 cm³/mol. The van der Waals surface area contributed by atoms with Crippen molar-refractivity contribution in [2.75, 3.05) is 33.2 Å². The van der Waals surface area contributed by atoms with E-state index in [1.165, 1.54) is 32.6 Å². The lowest BCUT2D eigenvalue weighted by molar-refractivity contribution is 0.0121. The third kappa shape index (κ3) is 3.69. The van der Waals surface area contributed by atoms with Crippen molar-refractivity contribution in [2.24, 2.45) is 23.2 Å². The summed E-state index contributed by atoms with van der Waals surface area (Å²) in [5.41, 5.74) is 0.543. The second kappa shape index (κ2) is 6.19. The van der Waals surface area contributed by atoms with Crippen LogP contribution in [0.3, 0.4) is 0 Å². The molecule has 0 radical (unpaired) electrons. The summed E-state index contributed by atoms with van der Waals surface area (Å²) in [6.45, 7) is 16.5. The van der Waals surface area contributed by atoms with E-state index in [1.54, 1.807) is 0 Å². The topological polar surface area (TPSA) is 15.3 Å². The molecule has 0 saturated carbocycles. The van der Waals surface area contributed by atoms with E-state index >= 15 is 0 Å². The highest BCUT2D eigenvalue weighted by Crippen LogP contribution is 2.40. The summed E-state index contributed by atoms with van der Waals surface area (Å²) in [5.74, 6) is 2.77. The number of nitrogens with zero attached hydrogens (tertiary/aromatic N) is 1. The minimum Gasteiger partial charge on any atom is -0.316 e. The Kier molecular flexibility index (Phi) is 5.46. The summed E-state index contributed by atoms with van der Waals surface area (Å²) >= 11 is 0. The smallest absolute Gasteiger partial charge is 0.00241 e. The lowest BCUT2D eigenvalue weighted by Crippen LogP contribution is -2.52. The first-order valence-electron chi connectivity index (χ1n) is 7.38. The maximum atomic E-state index is 3.38. The van der Waals surface area contributed by atoms with Crippen molar-refractivity contribution < 1.29 is 0 Å². The molecule has 2 nitrogen and oxygen atoms in total. The van der Waals surface area contributed by atoms with E-state index in [9.17, 15) is 0 Å². The van der Waals surface area contributed by atoms with Gasteiger partial charge in [0.2, 0.25) is 0 Å².